The minimum atomic E-state index is 0.539. The number of hydrogen-bond donors (Lipinski definition) is 1. The van der Waals surface area contributed by atoms with E-state index in [0.717, 1.165) is 25.5 Å². The lowest BCUT2D eigenvalue weighted by atomic mass is 10.2. The molecule has 1 saturated heterocycles. The van der Waals surface area contributed by atoms with Crippen molar-refractivity contribution in [2.75, 3.05) is 13.2 Å². The van der Waals surface area contributed by atoms with Crippen LogP contribution < -0.4 is 5.32 Å². The lowest BCUT2D eigenvalue weighted by Gasteiger charge is -2.26. The van der Waals surface area contributed by atoms with Gasteiger partial charge in [-0.2, -0.15) is 5.10 Å². The van der Waals surface area contributed by atoms with Crippen LogP contribution in [0, 0.1) is 0 Å². The molecule has 1 aliphatic heterocycles. The van der Waals surface area contributed by atoms with Crippen LogP contribution in [-0.4, -0.2) is 29.0 Å². The van der Waals surface area contributed by atoms with E-state index in [0.29, 0.717) is 12.1 Å². The first-order valence-electron chi connectivity index (χ1n) is 6.27. The monoisotopic (exact) mass is 221 g/mol. The lowest BCUT2D eigenvalue weighted by molar-refractivity contribution is -0.00593. The maximum atomic E-state index is 5.12. The van der Waals surface area contributed by atoms with Gasteiger partial charge in [-0.25, -0.2) is 0 Å². The molecule has 3 rings (SSSR count). The normalized spacial score (nSPS) is 22.5. The molecule has 1 N–H and O–H groups in total. The minimum Gasteiger partial charge on any atom is -0.378 e. The first-order valence-corrected chi connectivity index (χ1v) is 6.27. The average molecular weight is 221 g/mol. The van der Waals surface area contributed by atoms with Gasteiger partial charge in [0, 0.05) is 12.7 Å². The van der Waals surface area contributed by atoms with Crippen molar-refractivity contribution in [2.45, 2.75) is 44.3 Å². The molecule has 0 spiro atoms. The third kappa shape index (κ3) is 2.13. The molecule has 1 aliphatic carbocycles. The summed E-state index contributed by atoms with van der Waals surface area (Å²) < 4.78 is 7.28. The molecule has 0 bridgehead atoms. The van der Waals surface area contributed by atoms with Crippen molar-refractivity contribution < 1.29 is 4.74 Å². The average Bonchev–Trinajstić information content (AvgIpc) is 2.84. The third-order valence-electron chi connectivity index (χ3n) is 3.57. The second kappa shape index (κ2) is 4.55. The molecule has 0 unspecified atom stereocenters. The van der Waals surface area contributed by atoms with Crippen LogP contribution in [0.25, 0.3) is 0 Å². The smallest absolute Gasteiger partial charge is 0.0762 e. The van der Waals surface area contributed by atoms with E-state index in [9.17, 15) is 0 Å². The van der Waals surface area contributed by atoms with E-state index < -0.39 is 0 Å². The molecule has 1 aromatic heterocycles. The summed E-state index contributed by atoms with van der Waals surface area (Å²) in [4.78, 5) is 0. The Morgan fingerprint density at radius 1 is 1.38 bits per heavy atom. The Morgan fingerprint density at radius 3 is 2.88 bits per heavy atom. The molecule has 0 radical (unpaired) electrons. The highest BCUT2D eigenvalue weighted by Crippen LogP contribution is 2.28. The number of nitrogens with zero attached hydrogens (tertiary/aromatic N) is 2. The second-order valence-electron chi connectivity index (χ2n) is 4.84. The fourth-order valence-corrected chi connectivity index (χ4v) is 2.45. The fourth-order valence-electron chi connectivity index (χ4n) is 2.45. The van der Waals surface area contributed by atoms with Crippen LogP contribution in [0.1, 0.15) is 37.4 Å². The van der Waals surface area contributed by atoms with E-state index in [1.165, 1.54) is 25.7 Å². The van der Waals surface area contributed by atoms with Crippen LogP contribution in [0.2, 0.25) is 0 Å². The fraction of sp³-hybridized carbons (Fsp3) is 0.750. The number of hydrogen-bond acceptors (Lipinski definition) is 3. The Hall–Kier alpha value is -0.870. The zero-order valence-corrected chi connectivity index (χ0v) is 9.56. The zero-order valence-electron chi connectivity index (χ0n) is 9.56. The Labute approximate surface area is 96.0 Å². The van der Waals surface area contributed by atoms with Crippen molar-refractivity contribution in [1.82, 2.24) is 15.1 Å². The molecule has 88 valence electrons. The summed E-state index contributed by atoms with van der Waals surface area (Å²) >= 11 is 0. The molecule has 0 atom stereocenters. The van der Waals surface area contributed by atoms with Crippen LogP contribution in [0.3, 0.4) is 0 Å². The van der Waals surface area contributed by atoms with Crippen molar-refractivity contribution in [3.8, 4) is 0 Å². The van der Waals surface area contributed by atoms with Crippen LogP contribution in [-0.2, 0) is 11.3 Å². The van der Waals surface area contributed by atoms with Gasteiger partial charge < -0.3 is 10.1 Å². The highest BCUT2D eigenvalue weighted by atomic mass is 16.5. The second-order valence-corrected chi connectivity index (χ2v) is 4.84. The quantitative estimate of drug-likeness (QED) is 0.837. The van der Waals surface area contributed by atoms with Crippen LogP contribution >= 0.6 is 0 Å². The molecule has 1 saturated carbocycles. The van der Waals surface area contributed by atoms with Crippen molar-refractivity contribution in [1.29, 1.82) is 0 Å². The van der Waals surface area contributed by atoms with E-state index in [2.05, 4.69) is 27.4 Å². The molecular weight excluding hydrogens is 202 g/mol. The molecule has 2 aliphatic rings. The van der Waals surface area contributed by atoms with Crippen molar-refractivity contribution in [3.05, 3.63) is 18.0 Å². The van der Waals surface area contributed by atoms with Gasteiger partial charge in [-0.15, -0.1) is 0 Å². The summed E-state index contributed by atoms with van der Waals surface area (Å²) in [5.41, 5.74) is 1.15. The van der Waals surface area contributed by atoms with E-state index in [-0.39, 0.29) is 0 Å². The van der Waals surface area contributed by atoms with Crippen molar-refractivity contribution >= 4 is 0 Å². The number of nitrogens with one attached hydrogen (secondary N) is 1. The van der Waals surface area contributed by atoms with Gasteiger partial charge in [0.25, 0.3) is 0 Å². The van der Waals surface area contributed by atoms with Gasteiger partial charge in [0.15, 0.2) is 0 Å². The Bertz CT molecular complexity index is 340. The molecule has 16 heavy (non-hydrogen) atoms. The van der Waals surface area contributed by atoms with Gasteiger partial charge in [0.05, 0.1) is 31.0 Å². The predicted molar refractivity (Wildman–Crippen MR) is 61.2 cm³/mol. The predicted octanol–water partition coefficient (Wildman–Crippen LogP) is 1.49. The zero-order chi connectivity index (χ0) is 10.8. The largest absolute Gasteiger partial charge is 0.378 e. The van der Waals surface area contributed by atoms with Gasteiger partial charge in [0.1, 0.15) is 0 Å². The van der Waals surface area contributed by atoms with Gasteiger partial charge in [-0.1, -0.05) is 12.8 Å². The summed E-state index contributed by atoms with van der Waals surface area (Å²) in [5, 5.41) is 8.07. The Balaban J connectivity index is 1.54. The Kier molecular flexibility index (Phi) is 2.93. The summed E-state index contributed by atoms with van der Waals surface area (Å²) in [5.74, 6) is 0. The number of aromatic nitrogens is 2. The summed E-state index contributed by atoms with van der Waals surface area (Å²) in [6, 6.07) is 3.32. The molecule has 0 amide bonds. The van der Waals surface area contributed by atoms with Gasteiger partial charge in [-0.05, 0) is 18.9 Å². The van der Waals surface area contributed by atoms with Gasteiger partial charge >= 0.3 is 0 Å². The first kappa shape index (κ1) is 10.3. The molecule has 2 fully saturated rings. The maximum absolute atomic E-state index is 5.12. The van der Waals surface area contributed by atoms with E-state index in [1.54, 1.807) is 0 Å². The standard InChI is InChI=1S/C12H19N3O/c1-2-4-12(3-1)15-6-5-10(14-15)7-13-11-8-16-9-11/h5-6,11-13H,1-4,7-9H2. The molecule has 4 heteroatoms. The molecule has 2 heterocycles. The highest BCUT2D eigenvalue weighted by molar-refractivity contribution is 5.00. The summed E-state index contributed by atoms with van der Waals surface area (Å²) in [6.07, 6.45) is 7.44. The number of rotatable bonds is 4. The van der Waals surface area contributed by atoms with Crippen molar-refractivity contribution in [3.63, 3.8) is 0 Å². The van der Waals surface area contributed by atoms with Gasteiger partial charge in [-0.3, -0.25) is 4.68 Å². The van der Waals surface area contributed by atoms with E-state index in [1.807, 2.05) is 0 Å². The lowest BCUT2D eigenvalue weighted by Crippen LogP contribution is -2.45. The SMILES string of the molecule is c1cn(C2CCCC2)nc1CNC1COC1. The third-order valence-corrected chi connectivity index (χ3v) is 3.57. The van der Waals surface area contributed by atoms with Gasteiger partial charge in [0.2, 0.25) is 0 Å². The van der Waals surface area contributed by atoms with Crippen LogP contribution in [0.5, 0.6) is 0 Å². The first-order chi connectivity index (χ1) is 7.92. The Morgan fingerprint density at radius 2 is 2.19 bits per heavy atom. The van der Waals surface area contributed by atoms with Crippen molar-refractivity contribution in [2.24, 2.45) is 0 Å². The van der Waals surface area contributed by atoms with E-state index in [4.69, 9.17) is 4.74 Å². The molecule has 4 nitrogen and oxygen atoms in total. The maximum Gasteiger partial charge on any atom is 0.0762 e. The minimum absolute atomic E-state index is 0.539. The number of ether oxygens (including phenoxy) is 1. The van der Waals surface area contributed by atoms with Crippen LogP contribution in [0.4, 0.5) is 0 Å². The summed E-state index contributed by atoms with van der Waals surface area (Å²) in [6.45, 7) is 2.57. The molecule has 1 aromatic rings. The molecular formula is C12H19N3O. The van der Waals surface area contributed by atoms with E-state index >= 15 is 0 Å². The molecule has 0 aromatic carbocycles. The highest BCUT2D eigenvalue weighted by Gasteiger charge is 2.19. The summed E-state index contributed by atoms with van der Waals surface area (Å²) in [7, 11) is 0. The topological polar surface area (TPSA) is 39.1 Å². The van der Waals surface area contributed by atoms with Crippen LogP contribution in [0.15, 0.2) is 12.3 Å².